The topological polar surface area (TPSA) is 32.7 Å². The van der Waals surface area contributed by atoms with E-state index in [1.165, 1.54) is 6.07 Å². The van der Waals surface area contributed by atoms with Crippen LogP contribution in [0.4, 0.5) is 4.39 Å². The minimum Gasteiger partial charge on any atom is -0.497 e. The Morgan fingerprint density at radius 3 is 2.52 bits per heavy atom. The van der Waals surface area contributed by atoms with Gasteiger partial charge in [0.1, 0.15) is 11.6 Å². The van der Waals surface area contributed by atoms with Gasteiger partial charge in [-0.1, -0.05) is 31.2 Å². The maximum atomic E-state index is 13.5. The molecule has 2 aliphatic rings. The number of fused-ring (bicyclic) bond motifs is 1. The van der Waals surface area contributed by atoms with Gasteiger partial charge in [-0.3, -0.25) is 0 Å². The van der Waals surface area contributed by atoms with Crippen molar-refractivity contribution in [2.45, 2.75) is 31.3 Å². The average Bonchev–Trinajstić information content (AvgIpc) is 3.16. The monoisotopic (exact) mass is 369 g/mol. The van der Waals surface area contributed by atoms with Crippen LogP contribution in [0, 0.1) is 17.7 Å². The lowest BCUT2D eigenvalue weighted by Crippen LogP contribution is -2.30. The SMILES string of the molecule is COc1cccc([C@]2(O)C[C@H]3CN(CC(C)c4cccc(F)c4)C[C@H]3C2)c1. The summed E-state index contributed by atoms with van der Waals surface area (Å²) < 4.78 is 18.8. The van der Waals surface area contributed by atoms with Crippen LogP contribution < -0.4 is 4.74 Å². The van der Waals surface area contributed by atoms with Gasteiger partial charge in [-0.2, -0.15) is 0 Å². The number of likely N-dealkylation sites (tertiary alicyclic amines) is 1. The molecule has 27 heavy (non-hydrogen) atoms. The van der Waals surface area contributed by atoms with E-state index < -0.39 is 5.60 Å². The Balaban J connectivity index is 1.39. The minimum atomic E-state index is -0.746. The summed E-state index contributed by atoms with van der Waals surface area (Å²) in [6, 6.07) is 14.8. The van der Waals surface area contributed by atoms with E-state index in [9.17, 15) is 9.50 Å². The summed E-state index contributed by atoms with van der Waals surface area (Å²) in [6.07, 6.45) is 1.60. The standard InChI is InChI=1S/C23H28FNO2/c1-16(17-5-3-7-21(24)9-17)13-25-14-18-11-23(26,12-19(18)15-25)20-6-4-8-22(10-20)27-2/h3-10,16,18-19,26H,11-15H2,1-2H3/t16?,18-,19+,23-. The number of ether oxygens (including phenoxy) is 1. The Bertz CT molecular complexity index is 794. The lowest BCUT2D eigenvalue weighted by Gasteiger charge is -2.28. The molecule has 0 radical (unpaired) electrons. The summed E-state index contributed by atoms with van der Waals surface area (Å²) in [5.74, 6) is 1.96. The summed E-state index contributed by atoms with van der Waals surface area (Å²) in [5.41, 5.74) is 1.28. The molecular formula is C23H28FNO2. The zero-order valence-electron chi connectivity index (χ0n) is 16.1. The summed E-state index contributed by atoms with van der Waals surface area (Å²) in [6.45, 7) is 5.12. The van der Waals surface area contributed by atoms with E-state index >= 15 is 0 Å². The van der Waals surface area contributed by atoms with Crippen LogP contribution >= 0.6 is 0 Å². The fourth-order valence-electron chi connectivity index (χ4n) is 5.05. The van der Waals surface area contributed by atoms with Crippen LogP contribution in [0.5, 0.6) is 5.75 Å². The molecule has 1 N–H and O–H groups in total. The van der Waals surface area contributed by atoms with Gasteiger partial charge in [0.25, 0.3) is 0 Å². The largest absolute Gasteiger partial charge is 0.497 e. The molecule has 4 atom stereocenters. The van der Waals surface area contributed by atoms with Crippen LogP contribution in [0.2, 0.25) is 0 Å². The number of nitrogens with zero attached hydrogens (tertiary/aromatic N) is 1. The highest BCUT2D eigenvalue weighted by molar-refractivity contribution is 5.33. The minimum absolute atomic E-state index is 0.166. The Kier molecular flexibility index (Phi) is 4.95. The van der Waals surface area contributed by atoms with E-state index in [-0.39, 0.29) is 5.82 Å². The van der Waals surface area contributed by atoms with Crippen LogP contribution in [0.25, 0.3) is 0 Å². The first-order valence-corrected chi connectivity index (χ1v) is 9.81. The fourth-order valence-corrected chi connectivity index (χ4v) is 5.05. The van der Waals surface area contributed by atoms with E-state index in [1.807, 2.05) is 30.3 Å². The van der Waals surface area contributed by atoms with Crippen LogP contribution in [0.15, 0.2) is 48.5 Å². The molecule has 0 spiro atoms. The van der Waals surface area contributed by atoms with Gasteiger partial charge in [-0.05, 0) is 66.0 Å². The van der Waals surface area contributed by atoms with Gasteiger partial charge in [0.2, 0.25) is 0 Å². The molecule has 2 fully saturated rings. The third-order valence-electron chi connectivity index (χ3n) is 6.41. The highest BCUT2D eigenvalue weighted by Crippen LogP contribution is 2.49. The molecule has 3 nitrogen and oxygen atoms in total. The third-order valence-corrected chi connectivity index (χ3v) is 6.41. The number of aliphatic hydroxyl groups is 1. The van der Waals surface area contributed by atoms with Crippen molar-refractivity contribution in [1.29, 1.82) is 0 Å². The average molecular weight is 369 g/mol. The van der Waals surface area contributed by atoms with E-state index in [0.717, 1.165) is 49.4 Å². The number of benzene rings is 2. The second kappa shape index (κ2) is 7.25. The van der Waals surface area contributed by atoms with Crippen molar-refractivity contribution in [3.8, 4) is 5.75 Å². The smallest absolute Gasteiger partial charge is 0.123 e. The second-order valence-electron chi connectivity index (χ2n) is 8.37. The molecule has 0 aromatic heterocycles. The zero-order chi connectivity index (χ0) is 19.0. The molecule has 4 rings (SSSR count). The first-order valence-electron chi connectivity index (χ1n) is 9.81. The highest BCUT2D eigenvalue weighted by atomic mass is 19.1. The Labute approximate surface area is 160 Å². The second-order valence-corrected chi connectivity index (χ2v) is 8.37. The molecule has 1 saturated carbocycles. The van der Waals surface area contributed by atoms with E-state index in [2.05, 4.69) is 11.8 Å². The van der Waals surface area contributed by atoms with Gasteiger partial charge in [-0.15, -0.1) is 0 Å². The summed E-state index contributed by atoms with van der Waals surface area (Å²) in [4.78, 5) is 2.48. The van der Waals surface area contributed by atoms with Gasteiger partial charge >= 0.3 is 0 Å². The van der Waals surface area contributed by atoms with Crippen LogP contribution in [-0.2, 0) is 5.60 Å². The summed E-state index contributed by atoms with van der Waals surface area (Å²) in [7, 11) is 1.66. The van der Waals surface area contributed by atoms with E-state index in [0.29, 0.717) is 17.8 Å². The van der Waals surface area contributed by atoms with E-state index in [4.69, 9.17) is 4.74 Å². The molecule has 1 heterocycles. The maximum Gasteiger partial charge on any atom is 0.123 e. The van der Waals surface area contributed by atoms with Gasteiger partial charge in [0, 0.05) is 19.6 Å². The van der Waals surface area contributed by atoms with Crippen molar-refractivity contribution >= 4 is 0 Å². The Morgan fingerprint density at radius 2 is 1.85 bits per heavy atom. The van der Waals surface area contributed by atoms with Gasteiger partial charge in [0.05, 0.1) is 12.7 Å². The number of methoxy groups -OCH3 is 1. The number of hydrogen-bond acceptors (Lipinski definition) is 3. The van der Waals surface area contributed by atoms with Crippen molar-refractivity contribution in [3.63, 3.8) is 0 Å². The lowest BCUT2D eigenvalue weighted by molar-refractivity contribution is 0.0310. The lowest BCUT2D eigenvalue weighted by atomic mass is 9.90. The molecular weight excluding hydrogens is 341 g/mol. The Hall–Kier alpha value is -1.91. The third kappa shape index (κ3) is 3.74. The molecule has 1 aliphatic carbocycles. The Morgan fingerprint density at radius 1 is 1.15 bits per heavy atom. The maximum absolute atomic E-state index is 13.5. The predicted molar refractivity (Wildman–Crippen MR) is 104 cm³/mol. The highest BCUT2D eigenvalue weighted by Gasteiger charge is 2.49. The van der Waals surface area contributed by atoms with Crippen LogP contribution in [0.3, 0.4) is 0 Å². The fraction of sp³-hybridized carbons (Fsp3) is 0.478. The number of hydrogen-bond donors (Lipinski definition) is 1. The van der Waals surface area contributed by atoms with E-state index in [1.54, 1.807) is 19.2 Å². The molecule has 4 heteroatoms. The van der Waals surface area contributed by atoms with Gasteiger partial charge in [0.15, 0.2) is 0 Å². The van der Waals surface area contributed by atoms with Crippen molar-refractivity contribution in [2.24, 2.45) is 11.8 Å². The van der Waals surface area contributed by atoms with Gasteiger partial charge < -0.3 is 14.7 Å². The summed E-state index contributed by atoms with van der Waals surface area (Å²) in [5, 5.41) is 11.2. The van der Waals surface area contributed by atoms with Gasteiger partial charge in [-0.25, -0.2) is 4.39 Å². The number of halogens is 1. The molecule has 144 valence electrons. The van der Waals surface area contributed by atoms with Crippen molar-refractivity contribution in [2.75, 3.05) is 26.7 Å². The molecule has 1 unspecified atom stereocenters. The quantitative estimate of drug-likeness (QED) is 0.859. The number of rotatable bonds is 5. The molecule has 0 amide bonds. The normalized spacial score (nSPS) is 28.9. The summed E-state index contributed by atoms with van der Waals surface area (Å²) >= 11 is 0. The first-order chi connectivity index (χ1) is 13.0. The molecule has 2 aromatic rings. The molecule has 2 aromatic carbocycles. The van der Waals surface area contributed by atoms with Crippen LogP contribution in [-0.4, -0.2) is 36.8 Å². The molecule has 1 saturated heterocycles. The first kappa shape index (κ1) is 18.5. The van der Waals surface area contributed by atoms with Crippen molar-refractivity contribution in [1.82, 2.24) is 4.90 Å². The van der Waals surface area contributed by atoms with Crippen molar-refractivity contribution < 1.29 is 14.2 Å². The molecule has 0 bridgehead atoms. The van der Waals surface area contributed by atoms with Crippen molar-refractivity contribution in [3.05, 3.63) is 65.5 Å². The molecule has 1 aliphatic heterocycles. The predicted octanol–water partition coefficient (Wildman–Crippen LogP) is 4.17. The zero-order valence-corrected chi connectivity index (χ0v) is 16.1. The van der Waals surface area contributed by atoms with Crippen LogP contribution in [0.1, 0.15) is 36.8 Å².